The van der Waals surface area contributed by atoms with E-state index in [2.05, 4.69) is 15.6 Å². The van der Waals surface area contributed by atoms with Crippen molar-refractivity contribution in [1.29, 1.82) is 0 Å². The van der Waals surface area contributed by atoms with E-state index in [0.29, 0.717) is 22.3 Å². The molecule has 8 heteroatoms. The molecular weight excluding hydrogens is 346 g/mol. The summed E-state index contributed by atoms with van der Waals surface area (Å²) < 4.78 is 1.02. The number of benzene rings is 2. The minimum Gasteiger partial charge on any atom is -0.322 e. The first-order valence-corrected chi connectivity index (χ1v) is 8.45. The summed E-state index contributed by atoms with van der Waals surface area (Å²) in [6.45, 7) is 3.00. The number of rotatable bonds is 2. The van der Waals surface area contributed by atoms with Crippen LogP contribution < -0.4 is 15.8 Å². The second-order valence-corrected chi connectivity index (χ2v) is 6.83. The van der Waals surface area contributed by atoms with Crippen LogP contribution in [0, 0.1) is 0 Å². The molecule has 0 radical (unpaired) electrons. The van der Waals surface area contributed by atoms with Crippen molar-refractivity contribution in [2.45, 2.75) is 25.9 Å². The van der Waals surface area contributed by atoms with Crippen molar-refractivity contribution >= 4 is 34.1 Å². The van der Waals surface area contributed by atoms with Gasteiger partial charge in [0.15, 0.2) is 0 Å². The molecule has 1 aliphatic rings. The van der Waals surface area contributed by atoms with Crippen molar-refractivity contribution in [2.75, 3.05) is 10.2 Å². The van der Waals surface area contributed by atoms with Gasteiger partial charge in [-0.3, -0.25) is 19.3 Å². The van der Waals surface area contributed by atoms with Crippen LogP contribution in [0.5, 0.6) is 0 Å². The zero-order valence-electron chi connectivity index (χ0n) is 14.8. The van der Waals surface area contributed by atoms with Gasteiger partial charge in [0.2, 0.25) is 11.8 Å². The fraction of sp³-hybridized carbons (Fsp3) is 0.211. The first-order chi connectivity index (χ1) is 12.9. The van der Waals surface area contributed by atoms with Crippen molar-refractivity contribution in [2.24, 2.45) is 0 Å². The Labute approximate surface area is 154 Å². The number of fused-ring (bicyclic) bond motifs is 2. The van der Waals surface area contributed by atoms with Crippen molar-refractivity contribution in [3.05, 3.63) is 58.9 Å². The molecule has 3 aromatic rings. The molecule has 4 rings (SSSR count). The molecule has 0 fully saturated rings. The molecule has 0 unspecified atom stereocenters. The second-order valence-electron chi connectivity index (χ2n) is 6.83. The van der Waals surface area contributed by atoms with Gasteiger partial charge in [0.05, 0.1) is 16.8 Å². The van der Waals surface area contributed by atoms with Gasteiger partial charge in [0.25, 0.3) is 5.56 Å². The Morgan fingerprint density at radius 2 is 1.78 bits per heavy atom. The van der Waals surface area contributed by atoms with E-state index < -0.39 is 17.0 Å². The molecule has 1 aliphatic heterocycles. The number of anilines is 2. The number of hydrogen-bond donors (Lipinski definition) is 1. The van der Waals surface area contributed by atoms with Gasteiger partial charge in [0, 0.05) is 0 Å². The Kier molecular flexibility index (Phi) is 3.76. The van der Waals surface area contributed by atoms with Crippen LogP contribution >= 0.6 is 0 Å². The van der Waals surface area contributed by atoms with Crippen LogP contribution in [0.4, 0.5) is 11.4 Å². The zero-order chi connectivity index (χ0) is 19.2. The van der Waals surface area contributed by atoms with Gasteiger partial charge in [0.1, 0.15) is 17.6 Å². The third kappa shape index (κ3) is 2.66. The molecule has 2 amide bonds. The Morgan fingerprint density at radius 1 is 1.07 bits per heavy atom. The molecule has 2 aromatic carbocycles. The fourth-order valence-electron chi connectivity index (χ4n) is 3.22. The molecule has 1 N–H and O–H groups in total. The molecule has 2 heterocycles. The number of nitrogens with one attached hydrogen (secondary N) is 1. The zero-order valence-corrected chi connectivity index (χ0v) is 14.8. The normalized spacial score (nSPS) is 15.3. The highest BCUT2D eigenvalue weighted by atomic mass is 16.2. The predicted octanol–water partition coefficient (Wildman–Crippen LogP) is 1.56. The summed E-state index contributed by atoms with van der Waals surface area (Å²) in [6.07, 6.45) is 0. The van der Waals surface area contributed by atoms with Crippen LogP contribution in [0.15, 0.2) is 53.3 Å². The largest absolute Gasteiger partial charge is 0.322 e. The summed E-state index contributed by atoms with van der Waals surface area (Å²) >= 11 is 0. The van der Waals surface area contributed by atoms with E-state index >= 15 is 0 Å². The number of carbonyl (C=O) groups is 2. The van der Waals surface area contributed by atoms with E-state index in [4.69, 9.17) is 0 Å². The molecule has 8 nitrogen and oxygen atoms in total. The quantitative estimate of drug-likeness (QED) is 0.745. The minimum atomic E-state index is -1.11. The molecular formula is C19H17N5O3. The summed E-state index contributed by atoms with van der Waals surface area (Å²) in [5.41, 5.74) is 0.0796. The van der Waals surface area contributed by atoms with Gasteiger partial charge in [-0.2, -0.15) is 0 Å². The SMILES string of the molecule is CC1(C)C(=O)Nc2ccccc2N1C(=O)Cn1nnc2ccccc2c1=O. The maximum absolute atomic E-state index is 13.1. The van der Waals surface area contributed by atoms with Crippen LogP contribution in [0.1, 0.15) is 13.8 Å². The van der Waals surface area contributed by atoms with Crippen molar-refractivity contribution in [3.63, 3.8) is 0 Å². The molecule has 1 aromatic heterocycles. The van der Waals surface area contributed by atoms with Crippen molar-refractivity contribution in [3.8, 4) is 0 Å². The van der Waals surface area contributed by atoms with Crippen LogP contribution in [-0.2, 0) is 16.1 Å². The van der Waals surface area contributed by atoms with Gasteiger partial charge < -0.3 is 5.32 Å². The van der Waals surface area contributed by atoms with Crippen LogP contribution in [0.3, 0.4) is 0 Å². The summed E-state index contributed by atoms with van der Waals surface area (Å²) in [5, 5.41) is 11.1. The highest BCUT2D eigenvalue weighted by molar-refractivity contribution is 6.14. The summed E-state index contributed by atoms with van der Waals surface area (Å²) in [5.74, 6) is -0.722. The average Bonchev–Trinajstić information content (AvgIpc) is 2.65. The fourth-order valence-corrected chi connectivity index (χ4v) is 3.22. The third-order valence-electron chi connectivity index (χ3n) is 4.67. The van der Waals surface area contributed by atoms with Crippen LogP contribution in [0.2, 0.25) is 0 Å². The van der Waals surface area contributed by atoms with E-state index in [9.17, 15) is 14.4 Å². The highest BCUT2D eigenvalue weighted by Gasteiger charge is 2.43. The van der Waals surface area contributed by atoms with Crippen LogP contribution in [-0.4, -0.2) is 32.3 Å². The summed E-state index contributed by atoms with van der Waals surface area (Å²) in [4.78, 5) is 39.6. The average molecular weight is 363 g/mol. The Balaban J connectivity index is 1.76. The van der Waals surface area contributed by atoms with Gasteiger partial charge in [-0.05, 0) is 38.1 Å². The van der Waals surface area contributed by atoms with Gasteiger partial charge in [-0.25, -0.2) is 4.68 Å². The molecule has 0 bridgehead atoms. The molecule has 0 saturated heterocycles. The smallest absolute Gasteiger partial charge is 0.278 e. The molecule has 0 saturated carbocycles. The molecule has 27 heavy (non-hydrogen) atoms. The molecule has 136 valence electrons. The first kappa shape index (κ1) is 16.9. The summed E-state index contributed by atoms with van der Waals surface area (Å²) in [6, 6.07) is 13.9. The number of nitrogens with zero attached hydrogens (tertiary/aromatic N) is 4. The Morgan fingerprint density at radius 3 is 2.59 bits per heavy atom. The lowest BCUT2D eigenvalue weighted by Crippen LogP contribution is -2.59. The minimum absolute atomic E-state index is 0.300. The van der Waals surface area contributed by atoms with Gasteiger partial charge in [-0.1, -0.05) is 29.5 Å². The highest BCUT2D eigenvalue weighted by Crippen LogP contribution is 2.36. The number of hydrogen-bond acceptors (Lipinski definition) is 5. The molecule has 0 spiro atoms. The maximum Gasteiger partial charge on any atom is 0.278 e. The maximum atomic E-state index is 13.1. The summed E-state index contributed by atoms with van der Waals surface area (Å²) in [7, 11) is 0. The van der Waals surface area contributed by atoms with Gasteiger partial charge >= 0.3 is 0 Å². The number of amides is 2. The lowest BCUT2D eigenvalue weighted by atomic mass is 9.96. The first-order valence-electron chi connectivity index (χ1n) is 8.45. The standard InChI is InChI=1S/C19H17N5O3/c1-19(2)18(27)20-14-9-5-6-10-15(14)24(19)16(25)11-23-17(26)12-7-3-4-8-13(12)21-22-23/h3-10H,11H2,1-2H3,(H,20,27). The number of aromatic nitrogens is 3. The topological polar surface area (TPSA) is 97.2 Å². The Bertz CT molecular complexity index is 1140. The Hall–Kier alpha value is -3.55. The lowest BCUT2D eigenvalue weighted by Gasteiger charge is -2.42. The van der Waals surface area contributed by atoms with Crippen molar-refractivity contribution in [1.82, 2.24) is 15.0 Å². The van der Waals surface area contributed by atoms with E-state index in [1.165, 1.54) is 4.90 Å². The number of carbonyl (C=O) groups excluding carboxylic acids is 2. The second kappa shape index (κ2) is 6.01. The molecule has 0 aliphatic carbocycles. The third-order valence-corrected chi connectivity index (χ3v) is 4.67. The van der Waals surface area contributed by atoms with Gasteiger partial charge in [-0.15, -0.1) is 5.10 Å². The van der Waals surface area contributed by atoms with E-state index in [-0.39, 0.29) is 12.5 Å². The molecule has 0 atom stereocenters. The van der Waals surface area contributed by atoms with E-state index in [1.807, 2.05) is 0 Å². The van der Waals surface area contributed by atoms with Crippen molar-refractivity contribution < 1.29 is 9.59 Å². The lowest BCUT2D eigenvalue weighted by molar-refractivity contribution is -0.127. The van der Waals surface area contributed by atoms with Crippen LogP contribution in [0.25, 0.3) is 10.9 Å². The van der Waals surface area contributed by atoms with E-state index in [0.717, 1.165) is 4.68 Å². The monoisotopic (exact) mass is 363 g/mol. The number of para-hydroxylation sites is 2. The van der Waals surface area contributed by atoms with E-state index in [1.54, 1.807) is 62.4 Å². The predicted molar refractivity (Wildman–Crippen MR) is 100 cm³/mol.